The van der Waals surface area contributed by atoms with Crippen molar-refractivity contribution in [1.29, 1.82) is 0 Å². The minimum atomic E-state index is -0.111. The smallest absolute Gasteiger partial charge is 0.164 e. The molecule has 0 aromatic carbocycles. The van der Waals surface area contributed by atoms with Crippen molar-refractivity contribution in [3.05, 3.63) is 18.1 Å². The monoisotopic (exact) mass is 112 g/mol. The lowest BCUT2D eigenvalue weighted by molar-refractivity contribution is 0.112. The normalized spacial score (nSPS) is 9.00. The topological polar surface area (TPSA) is 50.4 Å². The van der Waals surface area contributed by atoms with Gasteiger partial charge in [-0.05, 0) is 0 Å². The molecule has 1 aromatic heterocycles. The molecule has 8 heavy (non-hydrogen) atoms. The van der Waals surface area contributed by atoms with Crippen LogP contribution >= 0.6 is 0 Å². The Bertz CT molecular complexity index is 189. The van der Waals surface area contributed by atoms with Gasteiger partial charge in [-0.1, -0.05) is 0 Å². The van der Waals surface area contributed by atoms with Crippen LogP contribution in [0.4, 0.5) is 0 Å². The molecule has 0 aliphatic heterocycles. The third-order valence-corrected chi connectivity index (χ3v) is 0.797. The van der Waals surface area contributed by atoms with Gasteiger partial charge in [0.2, 0.25) is 0 Å². The van der Waals surface area contributed by atoms with Crippen LogP contribution in [0.15, 0.2) is 16.9 Å². The fraction of sp³-hybridized carbons (Fsp3) is 0. The van der Waals surface area contributed by atoms with Crippen LogP contribution in [0.25, 0.3) is 0 Å². The minimum Gasteiger partial charge on any atom is -0.504 e. The van der Waals surface area contributed by atoms with Gasteiger partial charge < -0.3 is 9.52 Å². The Labute approximate surface area is 45.5 Å². The molecule has 0 amide bonds. The summed E-state index contributed by atoms with van der Waals surface area (Å²) in [6.07, 6.45) is 2.81. The summed E-state index contributed by atoms with van der Waals surface area (Å²) in [7, 11) is 0. The highest BCUT2D eigenvalue weighted by Gasteiger charge is 1.98. The molecule has 0 atom stereocenters. The summed E-state index contributed by atoms with van der Waals surface area (Å²) >= 11 is 0. The maximum absolute atomic E-state index is 9.87. The number of aldehydes is 1. The highest BCUT2D eigenvalue weighted by molar-refractivity contribution is 5.77. The van der Waals surface area contributed by atoms with Gasteiger partial charge in [0.15, 0.2) is 12.0 Å². The summed E-state index contributed by atoms with van der Waals surface area (Å²) in [6, 6.07) is 0. The average Bonchev–Trinajstić information content (AvgIpc) is 2.14. The summed E-state index contributed by atoms with van der Waals surface area (Å²) in [5, 5.41) is 8.63. The highest BCUT2D eigenvalue weighted by Crippen LogP contribution is 2.13. The molecular formula is C5H4O3. The van der Waals surface area contributed by atoms with Gasteiger partial charge in [-0.2, -0.15) is 0 Å². The molecule has 3 heteroatoms. The molecule has 0 saturated heterocycles. The van der Waals surface area contributed by atoms with Crippen molar-refractivity contribution in [1.82, 2.24) is 0 Å². The first-order valence-electron chi connectivity index (χ1n) is 2.05. The molecule has 1 rings (SSSR count). The lowest BCUT2D eigenvalue weighted by atomic mass is 10.4. The first-order valence-corrected chi connectivity index (χ1v) is 2.05. The van der Waals surface area contributed by atoms with Crippen molar-refractivity contribution in [2.45, 2.75) is 0 Å². The number of hydrogen-bond acceptors (Lipinski definition) is 3. The van der Waals surface area contributed by atoms with Crippen LogP contribution in [-0.2, 0) is 0 Å². The van der Waals surface area contributed by atoms with E-state index in [1.165, 1.54) is 6.26 Å². The van der Waals surface area contributed by atoms with E-state index in [1.54, 1.807) is 0 Å². The van der Waals surface area contributed by atoms with E-state index in [1.807, 2.05) is 0 Å². The lowest BCUT2D eigenvalue weighted by Crippen LogP contribution is -1.69. The van der Waals surface area contributed by atoms with E-state index in [0.717, 1.165) is 6.26 Å². The quantitative estimate of drug-likeness (QED) is 0.546. The molecule has 0 bridgehead atoms. The minimum absolute atomic E-state index is 0.111. The number of carbonyl (C=O) groups is 1. The molecule has 0 aliphatic rings. The summed E-state index contributed by atoms with van der Waals surface area (Å²) in [5.41, 5.74) is 0.185. The molecule has 0 radical (unpaired) electrons. The van der Waals surface area contributed by atoms with Crippen molar-refractivity contribution in [3.8, 4) is 5.75 Å². The molecule has 42 valence electrons. The van der Waals surface area contributed by atoms with Crippen molar-refractivity contribution in [3.63, 3.8) is 0 Å². The zero-order valence-electron chi connectivity index (χ0n) is 4.00. The molecule has 0 spiro atoms. The lowest BCUT2D eigenvalue weighted by Gasteiger charge is -1.76. The Morgan fingerprint density at radius 3 is 2.62 bits per heavy atom. The number of carbonyl (C=O) groups excluding carboxylic acids is 1. The van der Waals surface area contributed by atoms with E-state index in [0.29, 0.717) is 6.29 Å². The largest absolute Gasteiger partial charge is 0.504 e. The predicted molar refractivity (Wildman–Crippen MR) is 25.8 cm³/mol. The first-order chi connectivity index (χ1) is 3.84. The van der Waals surface area contributed by atoms with Crippen LogP contribution in [-0.4, -0.2) is 11.4 Å². The van der Waals surface area contributed by atoms with E-state index in [4.69, 9.17) is 5.11 Å². The Balaban J connectivity index is 3.09. The molecular weight excluding hydrogens is 108 g/mol. The van der Waals surface area contributed by atoms with Crippen molar-refractivity contribution in [2.24, 2.45) is 0 Å². The van der Waals surface area contributed by atoms with Gasteiger partial charge in [0.1, 0.15) is 12.5 Å². The summed E-state index contributed by atoms with van der Waals surface area (Å²) in [5.74, 6) is -0.111. The Hall–Kier alpha value is -1.25. The van der Waals surface area contributed by atoms with Crippen molar-refractivity contribution >= 4 is 6.29 Å². The Morgan fingerprint density at radius 1 is 1.62 bits per heavy atom. The fourth-order valence-corrected chi connectivity index (χ4v) is 0.388. The molecule has 0 saturated carbocycles. The van der Waals surface area contributed by atoms with Crippen LogP contribution in [0.5, 0.6) is 5.75 Å². The Morgan fingerprint density at radius 2 is 2.38 bits per heavy atom. The van der Waals surface area contributed by atoms with Gasteiger partial charge in [0.25, 0.3) is 0 Å². The molecule has 0 fully saturated rings. The third kappa shape index (κ3) is 0.578. The summed E-state index contributed by atoms with van der Waals surface area (Å²) in [4.78, 5) is 9.87. The van der Waals surface area contributed by atoms with E-state index >= 15 is 0 Å². The zero-order valence-corrected chi connectivity index (χ0v) is 4.00. The van der Waals surface area contributed by atoms with Crippen LogP contribution in [0.3, 0.4) is 0 Å². The molecule has 3 nitrogen and oxygen atoms in total. The fourth-order valence-electron chi connectivity index (χ4n) is 0.388. The highest BCUT2D eigenvalue weighted by atomic mass is 16.3. The van der Waals surface area contributed by atoms with Gasteiger partial charge in [-0.25, -0.2) is 0 Å². The van der Waals surface area contributed by atoms with Gasteiger partial charge in [-0.15, -0.1) is 0 Å². The van der Waals surface area contributed by atoms with E-state index in [2.05, 4.69) is 4.42 Å². The molecule has 0 aliphatic carbocycles. The zero-order chi connectivity index (χ0) is 5.98. The number of aromatic hydroxyl groups is 1. The predicted octanol–water partition coefficient (Wildman–Crippen LogP) is 0.798. The molecule has 1 aromatic rings. The maximum Gasteiger partial charge on any atom is 0.164 e. The van der Waals surface area contributed by atoms with Gasteiger partial charge in [-0.3, -0.25) is 4.79 Å². The van der Waals surface area contributed by atoms with Crippen molar-refractivity contribution in [2.75, 3.05) is 0 Å². The summed E-state index contributed by atoms with van der Waals surface area (Å²) < 4.78 is 4.45. The molecule has 1 heterocycles. The third-order valence-electron chi connectivity index (χ3n) is 0.797. The van der Waals surface area contributed by atoms with Gasteiger partial charge in [0.05, 0.1) is 5.56 Å². The maximum atomic E-state index is 9.87. The van der Waals surface area contributed by atoms with Gasteiger partial charge in [0, 0.05) is 0 Å². The van der Waals surface area contributed by atoms with Crippen LogP contribution in [0, 0.1) is 0 Å². The standard InChI is InChI=1S/C5H4O3/c6-1-4-2-8-3-5(4)7/h1-3,7H. The van der Waals surface area contributed by atoms with Crippen LogP contribution in [0.2, 0.25) is 0 Å². The molecule has 1 N–H and O–H groups in total. The Kier molecular flexibility index (Phi) is 1.04. The first kappa shape index (κ1) is 4.90. The SMILES string of the molecule is O=Cc1cocc1O. The summed E-state index contributed by atoms with van der Waals surface area (Å²) in [6.45, 7) is 0. The average molecular weight is 112 g/mol. The number of rotatable bonds is 1. The second-order valence-corrected chi connectivity index (χ2v) is 1.33. The number of furan rings is 1. The second-order valence-electron chi connectivity index (χ2n) is 1.33. The van der Waals surface area contributed by atoms with Crippen LogP contribution < -0.4 is 0 Å². The van der Waals surface area contributed by atoms with E-state index in [9.17, 15) is 4.79 Å². The van der Waals surface area contributed by atoms with E-state index in [-0.39, 0.29) is 11.3 Å². The number of hydrogen-bond donors (Lipinski definition) is 1. The van der Waals surface area contributed by atoms with Gasteiger partial charge >= 0.3 is 0 Å². The van der Waals surface area contributed by atoms with Crippen molar-refractivity contribution < 1.29 is 14.3 Å². The second kappa shape index (κ2) is 1.69. The van der Waals surface area contributed by atoms with Crippen LogP contribution in [0.1, 0.15) is 10.4 Å². The van der Waals surface area contributed by atoms with E-state index < -0.39 is 0 Å². The molecule has 0 unspecified atom stereocenters.